The van der Waals surface area contributed by atoms with Gasteiger partial charge < -0.3 is 15.4 Å². The first kappa shape index (κ1) is 17.4. The zero-order chi connectivity index (χ0) is 15.9. The van der Waals surface area contributed by atoms with E-state index >= 15 is 0 Å². The Hall–Kier alpha value is -0.970. The van der Waals surface area contributed by atoms with Crippen LogP contribution in [0.4, 0.5) is 0 Å². The van der Waals surface area contributed by atoms with Crippen molar-refractivity contribution in [2.45, 2.75) is 44.7 Å². The lowest BCUT2D eigenvalue weighted by Gasteiger charge is -2.28. The van der Waals surface area contributed by atoms with Crippen LogP contribution in [0.2, 0.25) is 10.0 Å². The van der Waals surface area contributed by atoms with Gasteiger partial charge >= 0.3 is 0 Å². The number of halogens is 2. The molecule has 2 atom stereocenters. The first-order chi connectivity index (χ1) is 10.6. The fraction of sp³-hybridized carbons (Fsp3) is 0.562. The number of hydrogen-bond acceptors (Lipinski definition) is 3. The van der Waals surface area contributed by atoms with Gasteiger partial charge in [-0.15, -0.1) is 0 Å². The molecule has 2 rings (SSSR count). The summed E-state index contributed by atoms with van der Waals surface area (Å²) in [5.41, 5.74) is 0. The number of benzene rings is 1. The molecule has 1 aromatic carbocycles. The summed E-state index contributed by atoms with van der Waals surface area (Å²) in [7, 11) is 0. The van der Waals surface area contributed by atoms with Crippen LogP contribution in [-0.4, -0.2) is 31.1 Å². The third-order valence-electron chi connectivity index (χ3n) is 3.71. The maximum absolute atomic E-state index is 11.9. The molecule has 1 saturated heterocycles. The van der Waals surface area contributed by atoms with Gasteiger partial charge in [0.15, 0.2) is 0 Å². The summed E-state index contributed by atoms with van der Waals surface area (Å²) in [5.74, 6) is 0.640. The quantitative estimate of drug-likeness (QED) is 0.777. The van der Waals surface area contributed by atoms with Gasteiger partial charge in [-0.05, 0) is 44.9 Å². The van der Waals surface area contributed by atoms with E-state index in [0.29, 0.717) is 41.3 Å². The van der Waals surface area contributed by atoms with Crippen LogP contribution in [0.5, 0.6) is 5.75 Å². The zero-order valence-corrected chi connectivity index (χ0v) is 14.2. The van der Waals surface area contributed by atoms with Gasteiger partial charge in [0.25, 0.3) is 0 Å². The van der Waals surface area contributed by atoms with Crippen LogP contribution in [0.25, 0.3) is 0 Å². The second-order valence-corrected chi connectivity index (χ2v) is 6.43. The average molecular weight is 345 g/mol. The summed E-state index contributed by atoms with van der Waals surface area (Å²) >= 11 is 12.0. The molecular formula is C16H22Cl2N2O2. The summed E-state index contributed by atoms with van der Waals surface area (Å²) in [6, 6.07) is 6.02. The monoisotopic (exact) mass is 344 g/mol. The maximum Gasteiger partial charge on any atom is 0.220 e. The largest absolute Gasteiger partial charge is 0.492 e. The third-order valence-corrected chi connectivity index (χ3v) is 4.51. The lowest BCUT2D eigenvalue weighted by molar-refractivity contribution is -0.122. The molecule has 0 radical (unpaired) electrons. The van der Waals surface area contributed by atoms with E-state index < -0.39 is 0 Å². The van der Waals surface area contributed by atoms with Crippen LogP contribution in [0, 0.1) is 0 Å². The van der Waals surface area contributed by atoms with Crippen LogP contribution in [0.3, 0.4) is 0 Å². The Balaban J connectivity index is 1.66. The first-order valence-electron chi connectivity index (χ1n) is 7.66. The Morgan fingerprint density at radius 2 is 2.27 bits per heavy atom. The lowest BCUT2D eigenvalue weighted by Crippen LogP contribution is -2.46. The zero-order valence-electron chi connectivity index (χ0n) is 12.7. The van der Waals surface area contributed by atoms with Gasteiger partial charge in [0.05, 0.1) is 11.6 Å². The number of hydrogen-bond donors (Lipinski definition) is 2. The predicted octanol–water partition coefficient (Wildman–Crippen LogP) is 3.41. The Morgan fingerprint density at radius 3 is 3.05 bits per heavy atom. The molecular weight excluding hydrogens is 323 g/mol. The van der Waals surface area contributed by atoms with E-state index in [1.807, 2.05) is 0 Å². The molecule has 0 aliphatic carbocycles. The molecule has 22 heavy (non-hydrogen) atoms. The van der Waals surface area contributed by atoms with Gasteiger partial charge in [0.2, 0.25) is 5.91 Å². The van der Waals surface area contributed by atoms with E-state index in [0.717, 1.165) is 19.4 Å². The van der Waals surface area contributed by atoms with Gasteiger partial charge in [-0.25, -0.2) is 0 Å². The fourth-order valence-corrected chi connectivity index (χ4v) is 2.92. The normalized spacial score (nSPS) is 21.4. The fourth-order valence-electron chi connectivity index (χ4n) is 2.57. The minimum Gasteiger partial charge on any atom is -0.492 e. The SMILES string of the molecule is CC1CC(NC(=O)CCCOc2cccc(Cl)c2Cl)CCN1. The van der Waals surface area contributed by atoms with Gasteiger partial charge in [-0.2, -0.15) is 0 Å². The van der Waals surface area contributed by atoms with Gasteiger partial charge in [-0.1, -0.05) is 29.3 Å². The molecule has 122 valence electrons. The van der Waals surface area contributed by atoms with E-state index in [1.165, 1.54) is 0 Å². The van der Waals surface area contributed by atoms with Crippen LogP contribution >= 0.6 is 23.2 Å². The first-order valence-corrected chi connectivity index (χ1v) is 8.41. The molecule has 1 amide bonds. The molecule has 1 fully saturated rings. The van der Waals surface area contributed by atoms with Crippen molar-refractivity contribution < 1.29 is 9.53 Å². The Morgan fingerprint density at radius 1 is 1.45 bits per heavy atom. The van der Waals surface area contributed by atoms with Gasteiger partial charge in [0, 0.05) is 18.5 Å². The molecule has 0 bridgehead atoms. The third kappa shape index (κ3) is 5.34. The second kappa shape index (κ2) is 8.61. The molecule has 0 aromatic heterocycles. The minimum atomic E-state index is 0.0832. The molecule has 4 nitrogen and oxygen atoms in total. The number of nitrogens with one attached hydrogen (secondary N) is 2. The number of carbonyl (C=O) groups excluding carboxylic acids is 1. The van der Waals surface area contributed by atoms with E-state index in [-0.39, 0.29) is 11.9 Å². The summed E-state index contributed by atoms with van der Waals surface area (Å²) in [5, 5.41) is 7.34. The lowest BCUT2D eigenvalue weighted by atomic mass is 10.0. The maximum atomic E-state index is 11.9. The Kier molecular flexibility index (Phi) is 6.80. The van der Waals surface area contributed by atoms with Crippen molar-refractivity contribution in [2.24, 2.45) is 0 Å². The highest BCUT2D eigenvalue weighted by Gasteiger charge is 2.19. The number of amides is 1. The second-order valence-electron chi connectivity index (χ2n) is 5.65. The Bertz CT molecular complexity index is 511. The van der Waals surface area contributed by atoms with Crippen molar-refractivity contribution >= 4 is 29.1 Å². The van der Waals surface area contributed by atoms with Crippen molar-refractivity contribution in [2.75, 3.05) is 13.2 Å². The van der Waals surface area contributed by atoms with Crippen molar-refractivity contribution in [3.05, 3.63) is 28.2 Å². The Labute approximate surface area is 141 Å². The highest BCUT2D eigenvalue weighted by molar-refractivity contribution is 6.42. The minimum absolute atomic E-state index is 0.0832. The van der Waals surface area contributed by atoms with Crippen LogP contribution in [0.1, 0.15) is 32.6 Å². The number of rotatable bonds is 6. The smallest absolute Gasteiger partial charge is 0.220 e. The molecule has 2 unspecified atom stereocenters. The topological polar surface area (TPSA) is 50.4 Å². The highest BCUT2D eigenvalue weighted by Crippen LogP contribution is 2.31. The number of piperidine rings is 1. The van der Waals surface area contributed by atoms with Crippen LogP contribution < -0.4 is 15.4 Å². The highest BCUT2D eigenvalue weighted by atomic mass is 35.5. The average Bonchev–Trinajstić information content (AvgIpc) is 2.48. The molecule has 0 saturated carbocycles. The molecule has 2 N–H and O–H groups in total. The van der Waals surface area contributed by atoms with E-state index in [4.69, 9.17) is 27.9 Å². The number of ether oxygens (including phenoxy) is 1. The van der Waals surface area contributed by atoms with E-state index in [1.54, 1.807) is 18.2 Å². The summed E-state index contributed by atoms with van der Waals surface area (Å²) in [6.45, 7) is 3.54. The molecule has 1 aliphatic heterocycles. The van der Waals surface area contributed by atoms with Gasteiger partial charge in [0.1, 0.15) is 10.8 Å². The van der Waals surface area contributed by atoms with E-state index in [9.17, 15) is 4.79 Å². The molecule has 1 heterocycles. The summed E-state index contributed by atoms with van der Waals surface area (Å²) in [4.78, 5) is 11.9. The van der Waals surface area contributed by atoms with Crippen LogP contribution in [-0.2, 0) is 4.79 Å². The summed E-state index contributed by atoms with van der Waals surface area (Å²) in [6.07, 6.45) is 3.08. The predicted molar refractivity (Wildman–Crippen MR) is 89.8 cm³/mol. The van der Waals surface area contributed by atoms with E-state index in [2.05, 4.69) is 17.6 Å². The van der Waals surface area contributed by atoms with Crippen molar-refractivity contribution in [1.82, 2.24) is 10.6 Å². The molecule has 6 heteroatoms. The number of carbonyl (C=O) groups is 1. The molecule has 1 aromatic rings. The van der Waals surface area contributed by atoms with Gasteiger partial charge in [-0.3, -0.25) is 4.79 Å². The van der Waals surface area contributed by atoms with Crippen molar-refractivity contribution in [3.8, 4) is 5.75 Å². The van der Waals surface area contributed by atoms with Crippen molar-refractivity contribution in [3.63, 3.8) is 0 Å². The summed E-state index contributed by atoms with van der Waals surface area (Å²) < 4.78 is 5.57. The molecule has 1 aliphatic rings. The standard InChI is InChI=1S/C16H22Cl2N2O2/c1-11-10-12(7-8-19-11)20-15(21)6-3-9-22-14-5-2-4-13(17)16(14)18/h2,4-5,11-12,19H,3,6-10H2,1H3,(H,20,21). The van der Waals surface area contributed by atoms with Crippen molar-refractivity contribution in [1.29, 1.82) is 0 Å². The molecule has 0 spiro atoms. The van der Waals surface area contributed by atoms with Crippen LogP contribution in [0.15, 0.2) is 18.2 Å².